The molecule has 2 atom stereocenters. The summed E-state index contributed by atoms with van der Waals surface area (Å²) in [5.74, 6) is 1.29. The maximum absolute atomic E-state index is 13.8. The molecule has 10 nitrogen and oxygen atoms in total. The smallest absolute Gasteiger partial charge is 0.334 e. The Morgan fingerprint density at radius 1 is 1.05 bits per heavy atom. The number of nitrogens with one attached hydrogen (secondary N) is 1. The molecule has 0 aromatic heterocycles. The van der Waals surface area contributed by atoms with E-state index in [1.165, 1.54) is 0 Å². The van der Waals surface area contributed by atoms with Crippen LogP contribution in [0.15, 0.2) is 48.5 Å². The number of carbonyl (C=O) groups is 3. The molecule has 4 amide bonds. The maximum Gasteiger partial charge on any atom is 0.334 e. The van der Waals surface area contributed by atoms with Crippen LogP contribution in [-0.2, 0) is 22.7 Å². The Morgan fingerprint density at radius 3 is 2.55 bits per heavy atom. The zero-order valence-corrected chi connectivity index (χ0v) is 22.1. The lowest BCUT2D eigenvalue weighted by Gasteiger charge is -2.55. The zero-order chi connectivity index (χ0) is 26.8. The van der Waals surface area contributed by atoms with Crippen molar-refractivity contribution in [2.24, 2.45) is 5.92 Å². The summed E-state index contributed by atoms with van der Waals surface area (Å²) in [6.07, 6.45) is -0.0907. The van der Waals surface area contributed by atoms with E-state index in [-0.39, 0.29) is 43.6 Å². The van der Waals surface area contributed by atoms with Crippen LogP contribution in [0.5, 0.6) is 11.5 Å². The van der Waals surface area contributed by atoms with E-state index in [9.17, 15) is 14.4 Å². The summed E-state index contributed by atoms with van der Waals surface area (Å²) in [5.41, 5.74) is 1.88. The van der Waals surface area contributed by atoms with Gasteiger partial charge in [0.25, 0.3) is 0 Å². The second kappa shape index (κ2) is 10.9. The summed E-state index contributed by atoms with van der Waals surface area (Å²) >= 11 is 0. The molecule has 2 aromatic rings. The standard InChI is InChI=1S/C28H35N5O5/c1-4-31-17-26(34)32-22(12-19(2)3)27(35)30(15-21-10-11-23-24(13-21)38-18-37-23)16-25(32)33(31)28(36)29-14-20-8-6-5-7-9-20/h5-11,13,19,22,25H,4,12,14-18H2,1-3H3,(H,29,36)/t22-,25-/m0/s1. The summed E-state index contributed by atoms with van der Waals surface area (Å²) in [4.78, 5) is 44.2. The van der Waals surface area contributed by atoms with Crippen molar-refractivity contribution in [1.29, 1.82) is 0 Å². The summed E-state index contributed by atoms with van der Waals surface area (Å²) in [7, 11) is 0. The van der Waals surface area contributed by atoms with Crippen molar-refractivity contribution in [3.8, 4) is 11.5 Å². The highest BCUT2D eigenvalue weighted by Gasteiger charge is 2.51. The predicted octanol–water partition coefficient (Wildman–Crippen LogP) is 2.79. The molecule has 0 spiro atoms. The normalized spacial score (nSPS) is 21.2. The molecule has 2 fully saturated rings. The lowest BCUT2D eigenvalue weighted by molar-refractivity contribution is -0.191. The lowest BCUT2D eigenvalue weighted by Crippen LogP contribution is -2.76. The molecule has 0 aliphatic carbocycles. The van der Waals surface area contributed by atoms with Crippen LogP contribution in [0.3, 0.4) is 0 Å². The third kappa shape index (κ3) is 5.13. The van der Waals surface area contributed by atoms with Gasteiger partial charge in [0.05, 0.1) is 13.1 Å². The minimum Gasteiger partial charge on any atom is -0.454 e. The fraction of sp³-hybridized carbons (Fsp3) is 0.464. The van der Waals surface area contributed by atoms with E-state index in [2.05, 4.69) is 5.32 Å². The number of amides is 4. The molecule has 0 unspecified atom stereocenters. The van der Waals surface area contributed by atoms with E-state index in [1.807, 2.05) is 69.3 Å². The lowest BCUT2D eigenvalue weighted by atomic mass is 9.96. The molecule has 2 saturated heterocycles. The molecule has 3 aliphatic rings. The number of benzene rings is 2. The highest BCUT2D eigenvalue weighted by molar-refractivity contribution is 5.91. The molecule has 0 radical (unpaired) electrons. The Kier molecular flexibility index (Phi) is 7.42. The van der Waals surface area contributed by atoms with Gasteiger partial charge in [-0.05, 0) is 35.6 Å². The number of carbonyl (C=O) groups excluding carboxylic acids is 3. The van der Waals surface area contributed by atoms with Crippen LogP contribution in [0.2, 0.25) is 0 Å². The largest absolute Gasteiger partial charge is 0.454 e. The molecule has 10 heteroatoms. The molecule has 38 heavy (non-hydrogen) atoms. The number of ether oxygens (including phenoxy) is 2. The average Bonchev–Trinajstić information content (AvgIpc) is 3.37. The first-order valence-electron chi connectivity index (χ1n) is 13.2. The van der Waals surface area contributed by atoms with Crippen LogP contribution < -0.4 is 14.8 Å². The molecule has 3 aliphatic heterocycles. The third-order valence-corrected chi connectivity index (χ3v) is 7.19. The Balaban J connectivity index is 1.43. The minimum absolute atomic E-state index is 0.0514. The van der Waals surface area contributed by atoms with E-state index in [1.54, 1.807) is 19.8 Å². The van der Waals surface area contributed by atoms with Gasteiger partial charge < -0.3 is 24.6 Å². The van der Waals surface area contributed by atoms with Gasteiger partial charge in [0.15, 0.2) is 11.5 Å². The molecule has 2 aromatic carbocycles. The Hall–Kier alpha value is -3.79. The summed E-state index contributed by atoms with van der Waals surface area (Å²) in [6, 6.07) is 14.4. The SMILES string of the molecule is CCN1CC(=O)N2[C@@H](CC(C)C)C(=O)N(Cc3ccc4c(c3)OCO4)C[C@@H]2N1C(=O)NCc1ccccc1. The fourth-order valence-corrected chi connectivity index (χ4v) is 5.40. The van der Waals surface area contributed by atoms with Gasteiger partial charge >= 0.3 is 6.03 Å². The van der Waals surface area contributed by atoms with Gasteiger partial charge in [0.1, 0.15) is 12.2 Å². The maximum atomic E-state index is 13.8. The second-order valence-corrected chi connectivity index (χ2v) is 10.3. The van der Waals surface area contributed by atoms with E-state index in [4.69, 9.17) is 9.47 Å². The van der Waals surface area contributed by atoms with Crippen LogP contribution >= 0.6 is 0 Å². The average molecular weight is 522 g/mol. The summed E-state index contributed by atoms with van der Waals surface area (Å²) in [5, 5.41) is 6.42. The number of fused-ring (bicyclic) bond motifs is 2. The van der Waals surface area contributed by atoms with Crippen LogP contribution in [-0.4, -0.2) is 76.3 Å². The minimum atomic E-state index is -0.640. The monoisotopic (exact) mass is 521 g/mol. The van der Waals surface area contributed by atoms with Gasteiger partial charge in [-0.3, -0.25) is 9.59 Å². The van der Waals surface area contributed by atoms with Crippen LogP contribution in [0, 0.1) is 5.92 Å². The Labute approximate surface area is 223 Å². The van der Waals surface area contributed by atoms with E-state index in [0.29, 0.717) is 37.6 Å². The number of hydrogen-bond donors (Lipinski definition) is 1. The van der Waals surface area contributed by atoms with Crippen molar-refractivity contribution in [2.75, 3.05) is 26.4 Å². The van der Waals surface area contributed by atoms with Crippen molar-refractivity contribution in [1.82, 2.24) is 25.1 Å². The van der Waals surface area contributed by atoms with Gasteiger partial charge in [-0.25, -0.2) is 14.8 Å². The van der Waals surface area contributed by atoms with E-state index < -0.39 is 12.2 Å². The van der Waals surface area contributed by atoms with Gasteiger partial charge in [-0.1, -0.05) is 57.2 Å². The topological polar surface area (TPSA) is 94.7 Å². The fourth-order valence-electron chi connectivity index (χ4n) is 5.40. The highest BCUT2D eigenvalue weighted by atomic mass is 16.7. The molecule has 0 bridgehead atoms. The zero-order valence-electron chi connectivity index (χ0n) is 22.1. The first kappa shape index (κ1) is 25.8. The molecular formula is C28H35N5O5. The number of hydrazine groups is 1. The van der Waals surface area contributed by atoms with Gasteiger partial charge in [-0.15, -0.1) is 0 Å². The van der Waals surface area contributed by atoms with Gasteiger partial charge in [-0.2, -0.15) is 0 Å². The van der Waals surface area contributed by atoms with Crippen molar-refractivity contribution in [3.05, 3.63) is 59.7 Å². The first-order chi connectivity index (χ1) is 18.4. The molecule has 202 valence electrons. The molecule has 0 saturated carbocycles. The van der Waals surface area contributed by atoms with E-state index >= 15 is 0 Å². The molecule has 3 heterocycles. The van der Waals surface area contributed by atoms with Gasteiger partial charge in [0, 0.05) is 19.6 Å². The van der Waals surface area contributed by atoms with Crippen molar-refractivity contribution < 1.29 is 23.9 Å². The number of urea groups is 1. The Morgan fingerprint density at radius 2 is 1.82 bits per heavy atom. The van der Waals surface area contributed by atoms with Crippen LogP contribution in [0.25, 0.3) is 0 Å². The van der Waals surface area contributed by atoms with Gasteiger partial charge in [0.2, 0.25) is 18.6 Å². The highest BCUT2D eigenvalue weighted by Crippen LogP contribution is 2.34. The third-order valence-electron chi connectivity index (χ3n) is 7.19. The van der Waals surface area contributed by atoms with Crippen molar-refractivity contribution >= 4 is 17.8 Å². The first-order valence-corrected chi connectivity index (χ1v) is 13.2. The number of likely N-dealkylation sites (N-methyl/N-ethyl adjacent to an activating group) is 1. The number of hydrogen-bond acceptors (Lipinski definition) is 6. The number of piperazine rings is 1. The quantitative estimate of drug-likeness (QED) is 0.602. The van der Waals surface area contributed by atoms with Crippen molar-refractivity contribution in [2.45, 2.75) is 52.5 Å². The van der Waals surface area contributed by atoms with Crippen molar-refractivity contribution in [3.63, 3.8) is 0 Å². The second-order valence-electron chi connectivity index (χ2n) is 10.3. The number of rotatable bonds is 7. The van der Waals surface area contributed by atoms with E-state index in [0.717, 1.165) is 11.1 Å². The van der Waals surface area contributed by atoms with Crippen LogP contribution in [0.1, 0.15) is 38.3 Å². The molecule has 5 rings (SSSR count). The Bertz CT molecular complexity index is 1190. The molecule has 1 N–H and O–H groups in total. The number of nitrogens with zero attached hydrogens (tertiary/aromatic N) is 4. The van der Waals surface area contributed by atoms with Crippen LogP contribution in [0.4, 0.5) is 4.79 Å². The summed E-state index contributed by atoms with van der Waals surface area (Å²) in [6.45, 7) is 7.63. The molecular weight excluding hydrogens is 486 g/mol. The predicted molar refractivity (Wildman–Crippen MR) is 140 cm³/mol. The summed E-state index contributed by atoms with van der Waals surface area (Å²) < 4.78 is 10.9.